The van der Waals surface area contributed by atoms with Crippen LogP contribution in [0.4, 0.5) is 10.1 Å². The van der Waals surface area contributed by atoms with Crippen molar-refractivity contribution >= 4 is 23.6 Å². The minimum atomic E-state index is -0.350. The molecule has 0 radical (unpaired) electrons. The molecule has 3 rings (SSSR count). The summed E-state index contributed by atoms with van der Waals surface area (Å²) in [6, 6.07) is 13.0. The molecule has 1 aliphatic rings. The zero-order valence-corrected chi connectivity index (χ0v) is 15.1. The van der Waals surface area contributed by atoms with Gasteiger partial charge >= 0.3 is 0 Å². The van der Waals surface area contributed by atoms with Gasteiger partial charge in [0.2, 0.25) is 5.91 Å². The normalized spacial score (nSPS) is 14.9. The third-order valence-corrected chi connectivity index (χ3v) is 4.67. The second kappa shape index (κ2) is 9.12. The smallest absolute Gasteiger partial charge is 0.253 e. The topological polar surface area (TPSA) is 58.2 Å². The van der Waals surface area contributed by atoms with Crippen LogP contribution in [0.15, 0.2) is 54.6 Å². The summed E-state index contributed by atoms with van der Waals surface area (Å²) in [4.78, 5) is 24.8. The lowest BCUT2D eigenvalue weighted by Gasteiger charge is -2.23. The molecule has 1 fully saturated rings. The SMILES string of the molecule is O=C(/C=C/c1ccc(F)cc1)Nc1ccccc1C(=O)NC1CCCCC1. The minimum absolute atomic E-state index is 0.166. The van der Waals surface area contributed by atoms with Crippen LogP contribution >= 0.6 is 0 Å². The van der Waals surface area contributed by atoms with E-state index in [4.69, 9.17) is 0 Å². The van der Waals surface area contributed by atoms with Crippen molar-refractivity contribution in [1.29, 1.82) is 0 Å². The van der Waals surface area contributed by atoms with Gasteiger partial charge < -0.3 is 10.6 Å². The first-order valence-electron chi connectivity index (χ1n) is 9.26. The molecular weight excluding hydrogens is 343 g/mol. The Labute approximate surface area is 158 Å². The van der Waals surface area contributed by atoms with Crippen LogP contribution < -0.4 is 10.6 Å². The average Bonchev–Trinajstić information content (AvgIpc) is 2.69. The van der Waals surface area contributed by atoms with Gasteiger partial charge in [-0.05, 0) is 48.7 Å². The second-order valence-corrected chi connectivity index (χ2v) is 6.73. The number of anilines is 1. The Hall–Kier alpha value is -2.95. The van der Waals surface area contributed by atoms with E-state index in [1.807, 2.05) is 0 Å². The molecule has 2 aromatic carbocycles. The lowest BCUT2D eigenvalue weighted by atomic mass is 9.95. The van der Waals surface area contributed by atoms with Crippen LogP contribution in [0.3, 0.4) is 0 Å². The lowest BCUT2D eigenvalue weighted by Crippen LogP contribution is -2.36. The van der Waals surface area contributed by atoms with Crippen LogP contribution in [-0.2, 0) is 4.79 Å². The van der Waals surface area contributed by atoms with Crippen LogP contribution in [0.5, 0.6) is 0 Å². The molecule has 0 aromatic heterocycles. The molecule has 0 aliphatic heterocycles. The predicted octanol–water partition coefficient (Wildman–Crippen LogP) is 4.54. The lowest BCUT2D eigenvalue weighted by molar-refractivity contribution is -0.111. The van der Waals surface area contributed by atoms with E-state index in [0.29, 0.717) is 11.3 Å². The van der Waals surface area contributed by atoms with Crippen LogP contribution in [0.1, 0.15) is 48.0 Å². The standard InChI is InChI=1S/C22H23FN2O2/c23-17-13-10-16(11-14-17)12-15-21(26)25-20-9-5-4-8-19(20)22(27)24-18-6-2-1-3-7-18/h4-5,8-15,18H,1-3,6-7H2,(H,24,27)(H,25,26)/b15-12+. The molecule has 2 N–H and O–H groups in total. The predicted molar refractivity (Wildman–Crippen MR) is 105 cm³/mol. The van der Waals surface area contributed by atoms with E-state index in [2.05, 4.69) is 10.6 Å². The van der Waals surface area contributed by atoms with E-state index in [-0.39, 0.29) is 23.7 Å². The first kappa shape index (κ1) is 18.8. The largest absolute Gasteiger partial charge is 0.349 e. The molecule has 5 heteroatoms. The van der Waals surface area contributed by atoms with Crippen LogP contribution in [0.25, 0.3) is 6.08 Å². The Kier molecular flexibility index (Phi) is 6.36. The molecule has 0 spiro atoms. The maximum Gasteiger partial charge on any atom is 0.253 e. The molecule has 1 aliphatic carbocycles. The van der Waals surface area contributed by atoms with Gasteiger partial charge in [0.15, 0.2) is 0 Å². The third kappa shape index (κ3) is 5.51. The van der Waals surface area contributed by atoms with Crippen molar-refractivity contribution in [3.05, 3.63) is 71.6 Å². The van der Waals surface area contributed by atoms with Crippen molar-refractivity contribution in [2.75, 3.05) is 5.32 Å². The number of hydrogen-bond donors (Lipinski definition) is 2. The van der Waals surface area contributed by atoms with E-state index in [0.717, 1.165) is 31.2 Å². The molecule has 1 saturated carbocycles. The number of hydrogen-bond acceptors (Lipinski definition) is 2. The highest BCUT2D eigenvalue weighted by Gasteiger charge is 2.18. The molecule has 0 atom stereocenters. The number of para-hydroxylation sites is 1. The summed E-state index contributed by atoms with van der Waals surface area (Å²) in [7, 11) is 0. The highest BCUT2D eigenvalue weighted by atomic mass is 19.1. The van der Waals surface area contributed by atoms with Gasteiger partial charge in [-0.1, -0.05) is 43.5 Å². The maximum absolute atomic E-state index is 12.9. The summed E-state index contributed by atoms with van der Waals surface area (Å²) in [5.41, 5.74) is 1.64. The Morgan fingerprint density at radius 3 is 2.41 bits per heavy atom. The summed E-state index contributed by atoms with van der Waals surface area (Å²) in [6.07, 6.45) is 8.46. The average molecular weight is 366 g/mol. The third-order valence-electron chi connectivity index (χ3n) is 4.67. The molecule has 0 heterocycles. The summed E-state index contributed by atoms with van der Waals surface area (Å²) in [5.74, 6) is -0.841. The van der Waals surface area contributed by atoms with Crippen LogP contribution in [-0.4, -0.2) is 17.9 Å². The summed E-state index contributed by atoms with van der Waals surface area (Å²) in [6.45, 7) is 0. The van der Waals surface area contributed by atoms with Crippen molar-refractivity contribution < 1.29 is 14.0 Å². The summed E-state index contributed by atoms with van der Waals surface area (Å²) in [5, 5.41) is 5.82. The quantitative estimate of drug-likeness (QED) is 0.763. The highest BCUT2D eigenvalue weighted by molar-refractivity contribution is 6.07. The molecule has 27 heavy (non-hydrogen) atoms. The Balaban J connectivity index is 1.65. The van der Waals surface area contributed by atoms with Crippen molar-refractivity contribution in [3.8, 4) is 0 Å². The van der Waals surface area contributed by atoms with Gasteiger partial charge in [0.05, 0.1) is 11.3 Å². The van der Waals surface area contributed by atoms with Crippen LogP contribution in [0.2, 0.25) is 0 Å². The summed E-state index contributed by atoms with van der Waals surface area (Å²) < 4.78 is 12.9. The molecule has 0 saturated heterocycles. The van der Waals surface area contributed by atoms with Crippen LogP contribution in [0, 0.1) is 5.82 Å². The van der Waals surface area contributed by atoms with Gasteiger partial charge in [-0.15, -0.1) is 0 Å². The Morgan fingerprint density at radius 2 is 1.67 bits per heavy atom. The Morgan fingerprint density at radius 1 is 0.963 bits per heavy atom. The van der Waals surface area contributed by atoms with E-state index in [1.54, 1.807) is 42.5 Å². The molecule has 4 nitrogen and oxygen atoms in total. The first-order chi connectivity index (χ1) is 13.1. The molecule has 0 bridgehead atoms. The molecule has 140 valence electrons. The number of carbonyl (C=O) groups is 2. The van der Waals surface area contributed by atoms with E-state index >= 15 is 0 Å². The Bertz CT molecular complexity index is 824. The van der Waals surface area contributed by atoms with Crippen molar-refractivity contribution in [1.82, 2.24) is 5.32 Å². The van der Waals surface area contributed by atoms with Gasteiger partial charge in [-0.25, -0.2) is 4.39 Å². The second-order valence-electron chi connectivity index (χ2n) is 6.73. The van der Waals surface area contributed by atoms with Gasteiger partial charge in [-0.3, -0.25) is 9.59 Å². The zero-order valence-electron chi connectivity index (χ0n) is 15.1. The maximum atomic E-state index is 12.9. The molecular formula is C22H23FN2O2. The number of nitrogens with one attached hydrogen (secondary N) is 2. The fourth-order valence-electron chi connectivity index (χ4n) is 3.22. The number of carbonyl (C=O) groups excluding carboxylic acids is 2. The van der Waals surface area contributed by atoms with E-state index in [1.165, 1.54) is 24.6 Å². The summed E-state index contributed by atoms with van der Waals surface area (Å²) >= 11 is 0. The number of amides is 2. The first-order valence-corrected chi connectivity index (χ1v) is 9.26. The molecule has 2 amide bonds. The molecule has 2 aromatic rings. The van der Waals surface area contributed by atoms with Gasteiger partial charge in [-0.2, -0.15) is 0 Å². The van der Waals surface area contributed by atoms with Crippen molar-refractivity contribution in [2.24, 2.45) is 0 Å². The fourth-order valence-corrected chi connectivity index (χ4v) is 3.22. The molecule has 0 unspecified atom stereocenters. The minimum Gasteiger partial charge on any atom is -0.349 e. The number of rotatable bonds is 5. The monoisotopic (exact) mass is 366 g/mol. The van der Waals surface area contributed by atoms with Crippen molar-refractivity contribution in [3.63, 3.8) is 0 Å². The van der Waals surface area contributed by atoms with E-state index in [9.17, 15) is 14.0 Å². The van der Waals surface area contributed by atoms with Gasteiger partial charge in [0, 0.05) is 12.1 Å². The van der Waals surface area contributed by atoms with E-state index < -0.39 is 0 Å². The fraction of sp³-hybridized carbons (Fsp3) is 0.273. The zero-order chi connectivity index (χ0) is 19.1. The highest BCUT2D eigenvalue weighted by Crippen LogP contribution is 2.20. The number of halogens is 1. The van der Waals surface area contributed by atoms with Gasteiger partial charge in [0.25, 0.3) is 5.91 Å². The van der Waals surface area contributed by atoms with Crippen molar-refractivity contribution in [2.45, 2.75) is 38.1 Å². The van der Waals surface area contributed by atoms with Gasteiger partial charge in [0.1, 0.15) is 5.82 Å². The number of benzene rings is 2.